The standard InChI is InChI=1S/C25H17N3O3/c1-16-10-11-23(24(12-16)28(30)31)27-25(29)19(15-26)14-22-20-8-4-2-6-17(20)13-18-7-3-5-9-21(18)22/h2-14H,1H3,(H,27,29)/b19-14+. The summed E-state index contributed by atoms with van der Waals surface area (Å²) in [7, 11) is 0. The predicted molar refractivity (Wildman–Crippen MR) is 122 cm³/mol. The van der Waals surface area contributed by atoms with Gasteiger partial charge in [-0.3, -0.25) is 14.9 Å². The topological polar surface area (TPSA) is 96.0 Å². The van der Waals surface area contributed by atoms with Crippen LogP contribution in [0.3, 0.4) is 0 Å². The van der Waals surface area contributed by atoms with Gasteiger partial charge in [0.1, 0.15) is 17.3 Å². The molecule has 0 fully saturated rings. The molecule has 6 nitrogen and oxygen atoms in total. The highest BCUT2D eigenvalue weighted by Gasteiger charge is 2.19. The molecule has 0 radical (unpaired) electrons. The second kappa shape index (κ2) is 8.09. The van der Waals surface area contributed by atoms with E-state index in [2.05, 4.69) is 11.4 Å². The Labute approximate surface area is 178 Å². The van der Waals surface area contributed by atoms with E-state index in [0.717, 1.165) is 27.1 Å². The van der Waals surface area contributed by atoms with Crippen molar-refractivity contribution in [2.24, 2.45) is 0 Å². The highest BCUT2D eigenvalue weighted by Crippen LogP contribution is 2.31. The third kappa shape index (κ3) is 3.85. The summed E-state index contributed by atoms with van der Waals surface area (Å²) < 4.78 is 0. The lowest BCUT2D eigenvalue weighted by atomic mass is 9.95. The van der Waals surface area contributed by atoms with E-state index in [9.17, 15) is 20.2 Å². The summed E-state index contributed by atoms with van der Waals surface area (Å²) in [4.78, 5) is 23.6. The fourth-order valence-corrected chi connectivity index (χ4v) is 3.59. The van der Waals surface area contributed by atoms with Gasteiger partial charge < -0.3 is 5.32 Å². The molecule has 0 saturated heterocycles. The SMILES string of the molecule is Cc1ccc(NC(=O)/C(C#N)=C/c2c3ccccc3cc3ccccc23)c([N+](=O)[O-])c1. The van der Waals surface area contributed by atoms with Crippen molar-refractivity contribution >= 4 is 44.9 Å². The highest BCUT2D eigenvalue weighted by atomic mass is 16.6. The second-order valence-electron chi connectivity index (χ2n) is 7.13. The van der Waals surface area contributed by atoms with Crippen LogP contribution in [0.4, 0.5) is 11.4 Å². The van der Waals surface area contributed by atoms with Gasteiger partial charge in [-0.15, -0.1) is 0 Å². The molecule has 6 heteroatoms. The highest BCUT2D eigenvalue weighted by molar-refractivity contribution is 6.14. The van der Waals surface area contributed by atoms with Gasteiger partial charge in [0, 0.05) is 6.07 Å². The molecule has 0 unspecified atom stereocenters. The van der Waals surface area contributed by atoms with E-state index in [1.807, 2.05) is 54.6 Å². The van der Waals surface area contributed by atoms with Gasteiger partial charge in [0.15, 0.2) is 0 Å². The minimum Gasteiger partial charge on any atom is -0.316 e. The quantitative estimate of drug-likeness (QED) is 0.153. The van der Waals surface area contributed by atoms with Crippen molar-refractivity contribution in [2.75, 3.05) is 5.32 Å². The normalized spacial score (nSPS) is 11.3. The van der Waals surface area contributed by atoms with Crippen LogP contribution in [-0.2, 0) is 4.79 Å². The van der Waals surface area contributed by atoms with Crippen LogP contribution in [0.5, 0.6) is 0 Å². The van der Waals surface area contributed by atoms with Gasteiger partial charge in [0.05, 0.1) is 4.92 Å². The lowest BCUT2D eigenvalue weighted by Crippen LogP contribution is -2.14. The number of nitrogens with zero attached hydrogens (tertiary/aromatic N) is 2. The summed E-state index contributed by atoms with van der Waals surface area (Å²) in [5.41, 5.74) is 1.13. The first-order chi connectivity index (χ1) is 15.0. The fourth-order valence-electron chi connectivity index (χ4n) is 3.59. The van der Waals surface area contributed by atoms with Crippen molar-refractivity contribution < 1.29 is 9.72 Å². The smallest absolute Gasteiger partial charge is 0.293 e. The number of nitrogens with one attached hydrogen (secondary N) is 1. The molecular formula is C25H17N3O3. The van der Waals surface area contributed by atoms with Crippen molar-refractivity contribution in [3.63, 3.8) is 0 Å². The summed E-state index contributed by atoms with van der Waals surface area (Å²) in [6.07, 6.45) is 1.54. The summed E-state index contributed by atoms with van der Waals surface area (Å²) in [6, 6.07) is 24.0. The summed E-state index contributed by atoms with van der Waals surface area (Å²) >= 11 is 0. The van der Waals surface area contributed by atoms with Crippen LogP contribution in [-0.4, -0.2) is 10.8 Å². The number of benzene rings is 4. The van der Waals surface area contributed by atoms with Crippen molar-refractivity contribution in [2.45, 2.75) is 6.92 Å². The summed E-state index contributed by atoms with van der Waals surface area (Å²) in [5.74, 6) is -0.702. The molecule has 4 rings (SSSR count). The minimum atomic E-state index is -0.702. The van der Waals surface area contributed by atoms with E-state index in [1.165, 1.54) is 12.1 Å². The molecular weight excluding hydrogens is 390 g/mol. The largest absolute Gasteiger partial charge is 0.316 e. The second-order valence-corrected chi connectivity index (χ2v) is 7.13. The van der Waals surface area contributed by atoms with E-state index in [1.54, 1.807) is 19.1 Å². The molecule has 0 atom stereocenters. The maximum Gasteiger partial charge on any atom is 0.293 e. The van der Waals surface area contributed by atoms with Crippen LogP contribution in [0.1, 0.15) is 11.1 Å². The Bertz CT molecular complexity index is 1380. The molecule has 0 aliphatic rings. The molecule has 0 aromatic heterocycles. The number of anilines is 1. The lowest BCUT2D eigenvalue weighted by molar-refractivity contribution is -0.384. The predicted octanol–water partition coefficient (Wildman–Crippen LogP) is 5.76. The van der Waals surface area contributed by atoms with Gasteiger partial charge in [0.2, 0.25) is 0 Å². The number of fused-ring (bicyclic) bond motifs is 2. The zero-order valence-corrected chi connectivity index (χ0v) is 16.6. The third-order valence-corrected chi connectivity index (χ3v) is 5.06. The van der Waals surface area contributed by atoms with Crippen LogP contribution in [0.25, 0.3) is 27.6 Å². The molecule has 1 N–H and O–H groups in total. The fraction of sp³-hybridized carbons (Fsp3) is 0.0400. The Hall–Kier alpha value is -4.50. The molecule has 1 amide bonds. The summed E-state index contributed by atoms with van der Waals surface area (Å²) in [5, 5.41) is 27.3. The number of hydrogen-bond acceptors (Lipinski definition) is 4. The van der Waals surface area contributed by atoms with E-state index >= 15 is 0 Å². The molecule has 0 saturated carbocycles. The van der Waals surface area contributed by atoms with Crippen LogP contribution >= 0.6 is 0 Å². The molecule has 0 spiro atoms. The maximum atomic E-state index is 12.9. The molecule has 0 heterocycles. The Kier molecular flexibility index (Phi) is 5.17. The third-order valence-electron chi connectivity index (χ3n) is 5.06. The maximum absolute atomic E-state index is 12.9. The number of nitro benzene ring substituents is 1. The average molecular weight is 407 g/mol. The Morgan fingerprint density at radius 3 is 2.19 bits per heavy atom. The Morgan fingerprint density at radius 1 is 1.00 bits per heavy atom. The molecule has 4 aromatic rings. The first kappa shape index (κ1) is 19.8. The van der Waals surface area contributed by atoms with Crippen molar-refractivity contribution in [1.29, 1.82) is 5.26 Å². The van der Waals surface area contributed by atoms with E-state index in [0.29, 0.717) is 5.56 Å². The van der Waals surface area contributed by atoms with E-state index in [4.69, 9.17) is 0 Å². The zero-order chi connectivity index (χ0) is 22.0. The van der Waals surface area contributed by atoms with Gasteiger partial charge in [-0.2, -0.15) is 5.26 Å². The van der Waals surface area contributed by atoms with Gasteiger partial charge >= 0.3 is 0 Å². The Morgan fingerprint density at radius 2 is 1.61 bits per heavy atom. The number of nitro groups is 1. The number of rotatable bonds is 4. The number of carbonyl (C=O) groups is 1. The van der Waals surface area contributed by atoms with Gasteiger partial charge in [0.25, 0.3) is 11.6 Å². The monoisotopic (exact) mass is 407 g/mol. The van der Waals surface area contributed by atoms with Gasteiger partial charge in [-0.25, -0.2) is 0 Å². The molecule has 0 bridgehead atoms. The number of amides is 1. The first-order valence-electron chi connectivity index (χ1n) is 9.56. The van der Waals surface area contributed by atoms with E-state index in [-0.39, 0.29) is 16.9 Å². The number of hydrogen-bond donors (Lipinski definition) is 1. The van der Waals surface area contributed by atoms with E-state index < -0.39 is 10.8 Å². The molecule has 0 aliphatic heterocycles. The molecule has 150 valence electrons. The van der Waals surface area contributed by atoms with Crippen molar-refractivity contribution in [1.82, 2.24) is 0 Å². The van der Waals surface area contributed by atoms with Crippen LogP contribution < -0.4 is 5.32 Å². The summed E-state index contributed by atoms with van der Waals surface area (Å²) in [6.45, 7) is 1.73. The van der Waals surface area contributed by atoms with Crippen LogP contribution in [0, 0.1) is 28.4 Å². The number of nitriles is 1. The first-order valence-corrected chi connectivity index (χ1v) is 9.56. The zero-order valence-electron chi connectivity index (χ0n) is 16.6. The van der Waals surface area contributed by atoms with Gasteiger partial charge in [-0.05, 0) is 57.8 Å². The Balaban J connectivity index is 1.83. The minimum absolute atomic E-state index is 0.0459. The molecule has 4 aromatic carbocycles. The average Bonchev–Trinajstić information content (AvgIpc) is 2.77. The van der Waals surface area contributed by atoms with Crippen molar-refractivity contribution in [3.8, 4) is 6.07 Å². The van der Waals surface area contributed by atoms with Crippen molar-refractivity contribution in [3.05, 3.63) is 99.6 Å². The molecule has 31 heavy (non-hydrogen) atoms. The molecule has 0 aliphatic carbocycles. The van der Waals surface area contributed by atoms with Crippen LogP contribution in [0.2, 0.25) is 0 Å². The lowest BCUT2D eigenvalue weighted by Gasteiger charge is -2.10. The van der Waals surface area contributed by atoms with Crippen LogP contribution in [0.15, 0.2) is 78.4 Å². The number of aryl methyl sites for hydroxylation is 1. The number of carbonyl (C=O) groups excluding carboxylic acids is 1. The van der Waals surface area contributed by atoms with Gasteiger partial charge in [-0.1, -0.05) is 54.6 Å².